The molecule has 0 saturated carbocycles. The van der Waals surface area contributed by atoms with Crippen LogP contribution in [-0.4, -0.2) is 45.0 Å². The summed E-state index contributed by atoms with van der Waals surface area (Å²) in [6.45, 7) is 0. The smallest absolute Gasteiger partial charge is 0.311 e. The number of pyridine rings is 1. The van der Waals surface area contributed by atoms with Gasteiger partial charge < -0.3 is 20.7 Å². The molecule has 3 rings (SSSR count). The molecule has 1 fully saturated rings. The molecular formula is C15H15N3O5S. The van der Waals surface area contributed by atoms with Crippen molar-refractivity contribution in [2.24, 2.45) is 5.73 Å². The Hall–Kier alpha value is -2.39. The zero-order valence-corrected chi connectivity index (χ0v) is 13.3. The van der Waals surface area contributed by atoms with Gasteiger partial charge >= 0.3 is 5.97 Å². The first-order valence-electron chi connectivity index (χ1n) is 7.24. The number of amides is 1. The van der Waals surface area contributed by atoms with Crippen LogP contribution in [0.5, 0.6) is 0 Å². The topological polar surface area (TPSA) is 138 Å². The molecule has 3 heterocycles. The monoisotopic (exact) mass is 349 g/mol. The van der Waals surface area contributed by atoms with Gasteiger partial charge in [-0.1, -0.05) is 0 Å². The standard InChI is InChI=1S/C15H15N3O5S/c16-10-12(19)18-11(15(22)23)8(6-24-13(10)18)4-9(14(20)21)7-2-1-3-17-5-7/h1-3,5,9-10,13H,4,6,16H2,(H,20,21)(H,22,23). The number of fused-ring (bicyclic) bond motifs is 1. The molecule has 1 saturated heterocycles. The van der Waals surface area contributed by atoms with E-state index in [1.165, 1.54) is 11.8 Å². The zero-order chi connectivity index (χ0) is 17.4. The van der Waals surface area contributed by atoms with Gasteiger partial charge in [0.1, 0.15) is 11.4 Å². The fraction of sp³-hybridized carbons (Fsp3) is 0.333. The molecule has 24 heavy (non-hydrogen) atoms. The molecule has 8 nitrogen and oxygen atoms in total. The molecule has 0 bridgehead atoms. The molecule has 3 atom stereocenters. The first kappa shape index (κ1) is 16.5. The molecule has 126 valence electrons. The van der Waals surface area contributed by atoms with Gasteiger partial charge in [-0.2, -0.15) is 0 Å². The Bertz CT molecular complexity index is 736. The van der Waals surface area contributed by atoms with Crippen molar-refractivity contribution >= 4 is 29.6 Å². The third-order valence-electron chi connectivity index (χ3n) is 4.16. The van der Waals surface area contributed by atoms with Crippen LogP contribution in [0.15, 0.2) is 35.8 Å². The van der Waals surface area contributed by atoms with E-state index in [0.717, 1.165) is 4.90 Å². The predicted octanol–water partition coefficient (Wildman–Crippen LogP) is -1.69. The van der Waals surface area contributed by atoms with E-state index in [2.05, 4.69) is 4.98 Å². The van der Waals surface area contributed by atoms with Crippen LogP contribution >= 0.6 is 11.8 Å². The summed E-state index contributed by atoms with van der Waals surface area (Å²) in [6, 6.07) is 2.59. The van der Waals surface area contributed by atoms with Crippen LogP contribution in [0.25, 0.3) is 0 Å². The minimum absolute atomic E-state index is 0.0186. The summed E-state index contributed by atoms with van der Waals surface area (Å²) in [7, 11) is 0. The Morgan fingerprint density at radius 2 is 2.29 bits per heavy atom. The van der Waals surface area contributed by atoms with Crippen molar-refractivity contribution in [3.63, 3.8) is 0 Å². The van der Waals surface area contributed by atoms with Crippen LogP contribution in [0.1, 0.15) is 17.9 Å². The number of carboxylic acid groups (broad SMARTS) is 2. The molecular weight excluding hydrogens is 334 g/mol. The normalized spacial score (nSPS) is 24.2. The Morgan fingerprint density at radius 1 is 1.54 bits per heavy atom. The SMILES string of the molecule is NC1C(=O)N2C(C(=O)[O-])=C(CC(C(=O)O)c3ccc[nH+]c3)CSC12. The summed E-state index contributed by atoms with van der Waals surface area (Å²) in [4.78, 5) is 39.0. The van der Waals surface area contributed by atoms with Gasteiger partial charge in [0.25, 0.3) is 0 Å². The number of nitrogens with one attached hydrogen (secondary N) is 1. The van der Waals surface area contributed by atoms with E-state index in [1.807, 2.05) is 0 Å². The fourth-order valence-corrected chi connectivity index (χ4v) is 4.25. The molecule has 0 radical (unpaired) electrons. The number of aromatic amines is 1. The van der Waals surface area contributed by atoms with E-state index in [0.29, 0.717) is 16.9 Å². The molecule has 2 aliphatic heterocycles. The van der Waals surface area contributed by atoms with E-state index >= 15 is 0 Å². The number of H-pyrrole nitrogens is 1. The van der Waals surface area contributed by atoms with E-state index in [9.17, 15) is 24.6 Å². The molecule has 1 aromatic rings. The van der Waals surface area contributed by atoms with Crippen molar-refractivity contribution in [1.29, 1.82) is 0 Å². The maximum absolute atomic E-state index is 11.9. The maximum atomic E-state index is 11.9. The third-order valence-corrected chi connectivity index (χ3v) is 5.52. The van der Waals surface area contributed by atoms with Gasteiger partial charge in [-0.15, -0.1) is 11.8 Å². The predicted molar refractivity (Wildman–Crippen MR) is 81.1 cm³/mol. The highest BCUT2D eigenvalue weighted by atomic mass is 32.2. The minimum Gasteiger partial charge on any atom is -0.543 e. The van der Waals surface area contributed by atoms with E-state index < -0.39 is 35.2 Å². The number of carboxylic acids is 2. The number of carbonyl (C=O) groups excluding carboxylic acids is 2. The molecule has 3 unspecified atom stereocenters. The van der Waals surface area contributed by atoms with Crippen LogP contribution in [0.2, 0.25) is 0 Å². The Balaban J connectivity index is 1.95. The quantitative estimate of drug-likeness (QED) is 0.605. The van der Waals surface area contributed by atoms with Gasteiger partial charge in [-0.3, -0.25) is 14.5 Å². The van der Waals surface area contributed by atoms with Gasteiger partial charge in [-0.25, -0.2) is 4.98 Å². The number of nitrogens with zero attached hydrogens (tertiary/aromatic N) is 1. The second-order valence-corrected chi connectivity index (χ2v) is 6.71. The van der Waals surface area contributed by atoms with Crippen molar-refractivity contribution in [3.05, 3.63) is 41.4 Å². The third kappa shape index (κ3) is 2.65. The van der Waals surface area contributed by atoms with E-state index in [4.69, 9.17) is 5.73 Å². The summed E-state index contributed by atoms with van der Waals surface area (Å²) in [6.07, 6.45) is 3.19. The van der Waals surface area contributed by atoms with E-state index in [-0.39, 0.29) is 12.1 Å². The highest BCUT2D eigenvalue weighted by Crippen LogP contribution is 2.41. The number of thioether (sulfide) groups is 1. The average Bonchev–Trinajstić information content (AvgIpc) is 2.58. The first-order valence-corrected chi connectivity index (χ1v) is 8.29. The number of nitrogens with two attached hydrogens (primary N) is 1. The highest BCUT2D eigenvalue weighted by molar-refractivity contribution is 8.00. The summed E-state index contributed by atoms with van der Waals surface area (Å²) >= 11 is 1.33. The number of hydrogen-bond acceptors (Lipinski definition) is 6. The van der Waals surface area contributed by atoms with Crippen LogP contribution in [0.4, 0.5) is 0 Å². The summed E-state index contributed by atoms with van der Waals surface area (Å²) in [5.74, 6) is -3.66. The van der Waals surface area contributed by atoms with Crippen LogP contribution in [-0.2, 0) is 14.4 Å². The van der Waals surface area contributed by atoms with Crippen molar-refractivity contribution in [3.8, 4) is 0 Å². The first-order chi connectivity index (χ1) is 11.4. The fourth-order valence-electron chi connectivity index (χ4n) is 2.94. The minimum atomic E-state index is -1.49. The molecule has 0 aliphatic carbocycles. The average molecular weight is 349 g/mol. The second-order valence-electron chi connectivity index (χ2n) is 5.61. The van der Waals surface area contributed by atoms with Crippen LogP contribution < -0.4 is 15.8 Å². The highest BCUT2D eigenvalue weighted by Gasteiger charge is 2.50. The number of rotatable bonds is 5. The Kier molecular flexibility index (Phi) is 4.29. The van der Waals surface area contributed by atoms with Crippen molar-refractivity contribution in [2.45, 2.75) is 23.8 Å². The Labute approximate surface area is 141 Å². The van der Waals surface area contributed by atoms with Gasteiger partial charge in [0.05, 0.1) is 17.6 Å². The van der Waals surface area contributed by atoms with Crippen molar-refractivity contribution in [1.82, 2.24) is 4.90 Å². The zero-order valence-electron chi connectivity index (χ0n) is 12.5. The Morgan fingerprint density at radius 3 is 2.88 bits per heavy atom. The summed E-state index contributed by atoms with van der Waals surface area (Å²) in [5.41, 5.74) is 6.33. The molecule has 0 aromatic carbocycles. The lowest BCUT2D eigenvalue weighted by molar-refractivity contribution is -0.378. The van der Waals surface area contributed by atoms with Crippen molar-refractivity contribution < 1.29 is 29.6 Å². The van der Waals surface area contributed by atoms with Gasteiger partial charge in [0, 0.05) is 17.4 Å². The number of aliphatic carboxylic acids is 2. The molecule has 1 amide bonds. The lowest BCUT2D eigenvalue weighted by Crippen LogP contribution is -2.69. The van der Waals surface area contributed by atoms with Crippen molar-refractivity contribution in [2.75, 3.05) is 5.75 Å². The van der Waals surface area contributed by atoms with E-state index in [1.54, 1.807) is 24.5 Å². The van der Waals surface area contributed by atoms with Gasteiger partial charge in [0.2, 0.25) is 5.91 Å². The number of β-lactam (4-membered cyclic amide) rings is 1. The molecule has 4 N–H and O–H groups in total. The van der Waals surface area contributed by atoms with Gasteiger partial charge in [0.15, 0.2) is 12.4 Å². The maximum Gasteiger partial charge on any atom is 0.311 e. The molecule has 1 aromatic heterocycles. The number of hydrogen-bond donors (Lipinski definition) is 2. The summed E-state index contributed by atoms with van der Waals surface area (Å²) in [5, 5.41) is 20.6. The lowest BCUT2D eigenvalue weighted by Gasteiger charge is -2.49. The number of aromatic nitrogens is 1. The van der Waals surface area contributed by atoms with Gasteiger partial charge in [-0.05, 0) is 18.1 Å². The molecule has 0 spiro atoms. The van der Waals surface area contributed by atoms with Crippen LogP contribution in [0, 0.1) is 0 Å². The lowest BCUT2D eigenvalue weighted by atomic mass is 9.91. The van der Waals surface area contributed by atoms with Crippen LogP contribution in [0.3, 0.4) is 0 Å². The molecule has 9 heteroatoms. The summed E-state index contributed by atoms with van der Waals surface area (Å²) < 4.78 is 0. The largest absolute Gasteiger partial charge is 0.543 e. The molecule has 2 aliphatic rings. The number of carbonyl (C=O) groups is 3. The second kappa shape index (κ2) is 6.25.